The van der Waals surface area contributed by atoms with Gasteiger partial charge in [-0.05, 0) is 22.9 Å². The second-order valence-corrected chi connectivity index (χ2v) is 2.37. The molecule has 0 fully saturated rings. The van der Waals surface area contributed by atoms with Crippen molar-refractivity contribution >= 4 is 0 Å². The summed E-state index contributed by atoms with van der Waals surface area (Å²) in [6.07, 6.45) is 1.59. The van der Waals surface area contributed by atoms with Crippen LogP contribution in [0.3, 0.4) is 0 Å². The highest BCUT2D eigenvalue weighted by atomic mass is 15.5. The third kappa shape index (κ3) is 1.77. The summed E-state index contributed by atoms with van der Waals surface area (Å²) in [5.74, 6) is 0.434. The summed E-state index contributed by atoms with van der Waals surface area (Å²) in [4.78, 5) is 0. The molecule has 2 N–H and O–H groups in total. The Labute approximate surface area is 59.2 Å². The molecule has 56 valence electrons. The van der Waals surface area contributed by atoms with Gasteiger partial charge in [0.05, 0.1) is 0 Å². The van der Waals surface area contributed by atoms with E-state index in [9.17, 15) is 0 Å². The summed E-state index contributed by atoms with van der Waals surface area (Å²) in [6, 6.07) is 0. The van der Waals surface area contributed by atoms with E-state index in [1.165, 1.54) is 0 Å². The standard InChI is InChI=1S/C5H11N5/c1-5(2-6)3-10-4-7-8-9-10/h4-5H,2-3,6H2,1H3. The van der Waals surface area contributed by atoms with Crippen LogP contribution >= 0.6 is 0 Å². The SMILES string of the molecule is CC(CN)Cn1cnnn1. The fraction of sp³-hybridized carbons (Fsp3) is 0.800. The van der Waals surface area contributed by atoms with Crippen LogP contribution < -0.4 is 5.73 Å². The van der Waals surface area contributed by atoms with Crippen LogP contribution in [-0.2, 0) is 6.54 Å². The molecule has 5 nitrogen and oxygen atoms in total. The molecule has 0 aliphatic heterocycles. The molecule has 0 saturated carbocycles. The van der Waals surface area contributed by atoms with Crippen molar-refractivity contribution < 1.29 is 0 Å². The van der Waals surface area contributed by atoms with Crippen molar-refractivity contribution in [3.05, 3.63) is 6.33 Å². The highest BCUT2D eigenvalue weighted by molar-refractivity contribution is 4.54. The number of hydrogen-bond donors (Lipinski definition) is 1. The first kappa shape index (κ1) is 7.14. The normalized spacial score (nSPS) is 13.4. The molecule has 1 aromatic rings. The second-order valence-electron chi connectivity index (χ2n) is 2.37. The molecule has 0 saturated heterocycles. The fourth-order valence-corrected chi connectivity index (χ4v) is 0.658. The Hall–Kier alpha value is -0.970. The molecule has 5 heteroatoms. The van der Waals surface area contributed by atoms with Crippen LogP contribution in [0.4, 0.5) is 0 Å². The first-order valence-corrected chi connectivity index (χ1v) is 3.23. The number of hydrogen-bond acceptors (Lipinski definition) is 4. The van der Waals surface area contributed by atoms with E-state index in [0.717, 1.165) is 6.54 Å². The predicted molar refractivity (Wildman–Crippen MR) is 36.0 cm³/mol. The van der Waals surface area contributed by atoms with Crippen molar-refractivity contribution in [2.75, 3.05) is 6.54 Å². The van der Waals surface area contributed by atoms with Gasteiger partial charge in [0, 0.05) is 6.54 Å². The maximum Gasteiger partial charge on any atom is 0.138 e. The van der Waals surface area contributed by atoms with Crippen LogP contribution in [0.5, 0.6) is 0 Å². The van der Waals surface area contributed by atoms with E-state index in [0.29, 0.717) is 12.5 Å². The van der Waals surface area contributed by atoms with Crippen molar-refractivity contribution in [1.29, 1.82) is 0 Å². The molecule has 1 heterocycles. The Morgan fingerprint density at radius 3 is 3.00 bits per heavy atom. The number of aromatic nitrogens is 4. The molecule has 1 aromatic heterocycles. The third-order valence-corrected chi connectivity index (χ3v) is 1.29. The lowest BCUT2D eigenvalue weighted by molar-refractivity contribution is 0.449. The first-order chi connectivity index (χ1) is 4.83. The van der Waals surface area contributed by atoms with Crippen molar-refractivity contribution in [2.45, 2.75) is 13.5 Å². The van der Waals surface area contributed by atoms with E-state index in [2.05, 4.69) is 22.4 Å². The molecule has 0 aromatic carbocycles. The molecule has 0 radical (unpaired) electrons. The van der Waals surface area contributed by atoms with Gasteiger partial charge in [-0.15, -0.1) is 5.10 Å². The lowest BCUT2D eigenvalue weighted by atomic mass is 10.2. The lowest BCUT2D eigenvalue weighted by Crippen LogP contribution is -2.17. The largest absolute Gasteiger partial charge is 0.330 e. The Morgan fingerprint density at radius 1 is 1.70 bits per heavy atom. The van der Waals surface area contributed by atoms with Crippen molar-refractivity contribution in [3.63, 3.8) is 0 Å². The summed E-state index contributed by atoms with van der Waals surface area (Å²) in [5.41, 5.74) is 5.41. The maximum atomic E-state index is 5.41. The number of nitrogens with two attached hydrogens (primary N) is 1. The topological polar surface area (TPSA) is 69.6 Å². The van der Waals surface area contributed by atoms with E-state index in [-0.39, 0.29) is 0 Å². The van der Waals surface area contributed by atoms with Crippen LogP contribution in [0.15, 0.2) is 6.33 Å². The highest BCUT2D eigenvalue weighted by Crippen LogP contribution is 1.93. The molecule has 1 unspecified atom stereocenters. The zero-order chi connectivity index (χ0) is 7.40. The van der Waals surface area contributed by atoms with Gasteiger partial charge in [0.1, 0.15) is 6.33 Å². The van der Waals surface area contributed by atoms with Crippen molar-refractivity contribution in [1.82, 2.24) is 20.2 Å². The van der Waals surface area contributed by atoms with Gasteiger partial charge in [-0.1, -0.05) is 6.92 Å². The average Bonchev–Trinajstić information content (AvgIpc) is 2.40. The molecular weight excluding hydrogens is 130 g/mol. The van der Waals surface area contributed by atoms with Gasteiger partial charge in [0.25, 0.3) is 0 Å². The number of tetrazole rings is 1. The van der Waals surface area contributed by atoms with E-state index in [1.54, 1.807) is 11.0 Å². The molecule has 0 amide bonds. The Bertz CT molecular complexity index is 170. The molecule has 0 aliphatic rings. The van der Waals surface area contributed by atoms with Gasteiger partial charge in [-0.3, -0.25) is 0 Å². The zero-order valence-corrected chi connectivity index (χ0v) is 5.94. The van der Waals surface area contributed by atoms with Crippen LogP contribution in [-0.4, -0.2) is 26.8 Å². The summed E-state index contributed by atoms with van der Waals surface area (Å²) >= 11 is 0. The van der Waals surface area contributed by atoms with Crippen LogP contribution in [0.25, 0.3) is 0 Å². The van der Waals surface area contributed by atoms with Crippen LogP contribution in [0.1, 0.15) is 6.92 Å². The van der Waals surface area contributed by atoms with Crippen LogP contribution in [0.2, 0.25) is 0 Å². The summed E-state index contributed by atoms with van der Waals surface area (Å²) < 4.78 is 1.68. The Morgan fingerprint density at radius 2 is 2.50 bits per heavy atom. The van der Waals surface area contributed by atoms with E-state index >= 15 is 0 Å². The molecular formula is C5H11N5. The van der Waals surface area contributed by atoms with Crippen LogP contribution in [0, 0.1) is 5.92 Å². The summed E-state index contributed by atoms with van der Waals surface area (Å²) in [6.45, 7) is 3.52. The Balaban J connectivity index is 2.40. The number of rotatable bonds is 3. The second kappa shape index (κ2) is 3.26. The van der Waals surface area contributed by atoms with Crippen molar-refractivity contribution in [3.8, 4) is 0 Å². The van der Waals surface area contributed by atoms with Gasteiger partial charge in [-0.25, -0.2) is 4.68 Å². The van der Waals surface area contributed by atoms with Gasteiger partial charge in [-0.2, -0.15) is 0 Å². The summed E-state index contributed by atoms with van der Waals surface area (Å²) in [5, 5.41) is 10.7. The summed E-state index contributed by atoms with van der Waals surface area (Å²) in [7, 11) is 0. The smallest absolute Gasteiger partial charge is 0.138 e. The van der Waals surface area contributed by atoms with Gasteiger partial charge in [0.2, 0.25) is 0 Å². The minimum absolute atomic E-state index is 0.434. The monoisotopic (exact) mass is 141 g/mol. The number of nitrogens with zero attached hydrogens (tertiary/aromatic N) is 4. The van der Waals surface area contributed by atoms with Gasteiger partial charge >= 0.3 is 0 Å². The van der Waals surface area contributed by atoms with E-state index in [1.807, 2.05) is 0 Å². The highest BCUT2D eigenvalue weighted by Gasteiger charge is 1.99. The van der Waals surface area contributed by atoms with Gasteiger partial charge in [0.15, 0.2) is 0 Å². The molecule has 1 atom stereocenters. The molecule has 1 rings (SSSR count). The zero-order valence-electron chi connectivity index (χ0n) is 5.94. The Kier molecular flexibility index (Phi) is 2.33. The predicted octanol–water partition coefficient (Wildman–Crippen LogP) is -0.732. The lowest BCUT2D eigenvalue weighted by Gasteiger charge is -2.05. The van der Waals surface area contributed by atoms with Gasteiger partial charge < -0.3 is 5.73 Å². The fourth-order valence-electron chi connectivity index (χ4n) is 0.658. The van der Waals surface area contributed by atoms with E-state index in [4.69, 9.17) is 5.73 Å². The first-order valence-electron chi connectivity index (χ1n) is 3.23. The molecule has 10 heavy (non-hydrogen) atoms. The molecule has 0 aliphatic carbocycles. The third-order valence-electron chi connectivity index (χ3n) is 1.29. The maximum absolute atomic E-state index is 5.41. The quantitative estimate of drug-likeness (QED) is 0.602. The molecule has 0 spiro atoms. The van der Waals surface area contributed by atoms with Crippen molar-refractivity contribution in [2.24, 2.45) is 11.7 Å². The average molecular weight is 141 g/mol. The minimum atomic E-state index is 0.434. The van der Waals surface area contributed by atoms with E-state index < -0.39 is 0 Å². The molecule has 0 bridgehead atoms. The minimum Gasteiger partial charge on any atom is -0.330 e.